The number of carbonyl (C=O) groups is 2. The van der Waals surface area contributed by atoms with E-state index in [0.717, 1.165) is 18.9 Å². The van der Waals surface area contributed by atoms with Gasteiger partial charge in [0.05, 0.1) is 22.1 Å². The summed E-state index contributed by atoms with van der Waals surface area (Å²) in [6, 6.07) is 2.33. The molecule has 0 bridgehead atoms. The predicted molar refractivity (Wildman–Crippen MR) is 72.1 cm³/mol. The molecule has 1 aromatic carbocycles. The minimum atomic E-state index is -1.48. The molecule has 2 rings (SSSR count). The van der Waals surface area contributed by atoms with Crippen molar-refractivity contribution in [2.45, 2.75) is 18.9 Å². The molecule has 1 saturated heterocycles. The number of rotatable bonds is 4. The van der Waals surface area contributed by atoms with Gasteiger partial charge in [-0.3, -0.25) is 4.79 Å². The summed E-state index contributed by atoms with van der Waals surface area (Å²) in [5.74, 6) is -2.02. The first-order valence-electron chi connectivity index (χ1n) is 6.09. The van der Waals surface area contributed by atoms with Crippen LogP contribution in [0.3, 0.4) is 0 Å². The van der Waals surface area contributed by atoms with Crippen LogP contribution in [0.1, 0.15) is 33.6 Å². The Morgan fingerprint density at radius 3 is 2.50 bits per heavy atom. The largest absolute Gasteiger partial charge is 0.545 e. The number of ether oxygens (including phenoxy) is 1. The van der Waals surface area contributed by atoms with Gasteiger partial charge in [-0.2, -0.15) is 0 Å². The molecule has 1 amide bonds. The molecule has 0 aromatic heterocycles. The number of aromatic carboxylic acids is 1. The van der Waals surface area contributed by atoms with Crippen LogP contribution in [0.2, 0.25) is 10.0 Å². The molecule has 0 spiro atoms. The van der Waals surface area contributed by atoms with Crippen LogP contribution in [0, 0.1) is 0 Å². The molecule has 1 aromatic rings. The molecule has 108 valence electrons. The Morgan fingerprint density at radius 1 is 1.30 bits per heavy atom. The highest BCUT2D eigenvalue weighted by Crippen LogP contribution is 2.26. The molecular weight excluding hydrogens is 305 g/mol. The second-order valence-corrected chi connectivity index (χ2v) is 5.26. The molecule has 1 atom stereocenters. The second kappa shape index (κ2) is 6.43. The van der Waals surface area contributed by atoms with Crippen molar-refractivity contribution in [2.24, 2.45) is 0 Å². The average molecular weight is 317 g/mol. The van der Waals surface area contributed by atoms with Crippen LogP contribution in [0.5, 0.6) is 0 Å². The first-order valence-corrected chi connectivity index (χ1v) is 6.85. The minimum absolute atomic E-state index is 0.0341. The fraction of sp³-hybridized carbons (Fsp3) is 0.385. The van der Waals surface area contributed by atoms with Gasteiger partial charge in [-0.05, 0) is 25.0 Å². The van der Waals surface area contributed by atoms with E-state index in [1.165, 1.54) is 6.07 Å². The first-order chi connectivity index (χ1) is 9.49. The van der Waals surface area contributed by atoms with Crippen LogP contribution in [-0.2, 0) is 4.74 Å². The number of halogens is 2. The summed E-state index contributed by atoms with van der Waals surface area (Å²) in [5.41, 5.74) is -0.360. The lowest BCUT2D eigenvalue weighted by Gasteiger charge is -2.14. The van der Waals surface area contributed by atoms with Crippen molar-refractivity contribution in [1.82, 2.24) is 5.32 Å². The lowest BCUT2D eigenvalue weighted by Crippen LogP contribution is -2.34. The summed E-state index contributed by atoms with van der Waals surface area (Å²) in [7, 11) is 0. The van der Waals surface area contributed by atoms with Gasteiger partial charge in [-0.15, -0.1) is 0 Å². The summed E-state index contributed by atoms with van der Waals surface area (Å²) >= 11 is 11.6. The fourth-order valence-corrected chi connectivity index (χ4v) is 2.34. The van der Waals surface area contributed by atoms with Crippen molar-refractivity contribution in [3.8, 4) is 0 Å². The van der Waals surface area contributed by atoms with Gasteiger partial charge in [0.2, 0.25) is 0 Å². The average Bonchev–Trinajstić information content (AvgIpc) is 2.91. The minimum Gasteiger partial charge on any atom is -0.545 e. The Kier molecular flexibility index (Phi) is 4.86. The number of amides is 1. The molecule has 1 fully saturated rings. The van der Waals surface area contributed by atoms with Gasteiger partial charge >= 0.3 is 0 Å². The fourth-order valence-electron chi connectivity index (χ4n) is 2.01. The van der Waals surface area contributed by atoms with E-state index >= 15 is 0 Å². The monoisotopic (exact) mass is 316 g/mol. The number of carboxylic acids is 1. The zero-order chi connectivity index (χ0) is 14.7. The van der Waals surface area contributed by atoms with E-state index in [1.54, 1.807) is 0 Å². The number of benzene rings is 1. The van der Waals surface area contributed by atoms with Crippen LogP contribution in [0.25, 0.3) is 0 Å². The Labute approximate surface area is 125 Å². The number of carbonyl (C=O) groups excluding carboxylic acids is 2. The normalized spacial score (nSPS) is 18.0. The molecule has 7 heteroatoms. The van der Waals surface area contributed by atoms with Crippen molar-refractivity contribution in [1.29, 1.82) is 0 Å². The molecular formula is C13H12Cl2NO4-. The zero-order valence-electron chi connectivity index (χ0n) is 10.4. The topological polar surface area (TPSA) is 78.5 Å². The quantitative estimate of drug-likeness (QED) is 0.907. The summed E-state index contributed by atoms with van der Waals surface area (Å²) < 4.78 is 5.37. The first kappa shape index (κ1) is 15.1. The van der Waals surface area contributed by atoms with E-state index < -0.39 is 11.9 Å². The Bertz CT molecular complexity index is 541. The molecule has 1 N–H and O–H groups in total. The third-order valence-electron chi connectivity index (χ3n) is 3.04. The van der Waals surface area contributed by atoms with Gasteiger partial charge in [-0.1, -0.05) is 23.2 Å². The van der Waals surface area contributed by atoms with E-state index in [0.29, 0.717) is 13.2 Å². The van der Waals surface area contributed by atoms with Crippen molar-refractivity contribution >= 4 is 35.1 Å². The standard InChI is InChI=1S/C13H13Cl2NO4/c14-10-4-8(9(13(18)19)5-11(10)15)12(17)16-6-7-2-1-3-20-7/h4-5,7H,1-3,6H2,(H,16,17)(H,18,19)/p-1/t7-/m1/s1. The smallest absolute Gasteiger partial charge is 0.252 e. The van der Waals surface area contributed by atoms with Crippen LogP contribution in [0.4, 0.5) is 0 Å². The van der Waals surface area contributed by atoms with Crippen molar-refractivity contribution in [3.63, 3.8) is 0 Å². The van der Waals surface area contributed by atoms with Gasteiger partial charge in [0.1, 0.15) is 0 Å². The number of carboxylic acid groups (broad SMARTS) is 1. The highest BCUT2D eigenvalue weighted by atomic mass is 35.5. The van der Waals surface area contributed by atoms with E-state index in [4.69, 9.17) is 27.9 Å². The van der Waals surface area contributed by atoms with E-state index in [1.807, 2.05) is 0 Å². The molecule has 1 aliphatic heterocycles. The molecule has 5 nitrogen and oxygen atoms in total. The highest BCUT2D eigenvalue weighted by Gasteiger charge is 2.19. The summed E-state index contributed by atoms with van der Waals surface area (Å²) in [6.07, 6.45) is 1.79. The molecule has 0 radical (unpaired) electrons. The summed E-state index contributed by atoms with van der Waals surface area (Å²) in [5, 5.41) is 13.8. The van der Waals surface area contributed by atoms with Gasteiger partial charge in [0.25, 0.3) is 5.91 Å². The van der Waals surface area contributed by atoms with E-state index in [2.05, 4.69) is 5.32 Å². The van der Waals surface area contributed by atoms with Gasteiger partial charge in [0, 0.05) is 24.3 Å². The maximum Gasteiger partial charge on any atom is 0.252 e. The molecule has 20 heavy (non-hydrogen) atoms. The van der Waals surface area contributed by atoms with Crippen LogP contribution >= 0.6 is 23.2 Å². The maximum absolute atomic E-state index is 12.0. The van der Waals surface area contributed by atoms with E-state index in [9.17, 15) is 14.7 Å². The predicted octanol–water partition coefficient (Wildman–Crippen LogP) is 1.27. The van der Waals surface area contributed by atoms with Crippen LogP contribution in [0.15, 0.2) is 12.1 Å². The Balaban J connectivity index is 2.15. The van der Waals surface area contributed by atoms with Gasteiger partial charge < -0.3 is 20.0 Å². The van der Waals surface area contributed by atoms with Gasteiger partial charge in [-0.25, -0.2) is 0 Å². The SMILES string of the molecule is O=C([O-])c1cc(Cl)c(Cl)cc1C(=O)NC[C@H]1CCCO1. The zero-order valence-corrected chi connectivity index (χ0v) is 12.0. The molecule has 1 heterocycles. The number of nitrogens with one attached hydrogen (secondary N) is 1. The molecule has 0 unspecified atom stereocenters. The van der Waals surface area contributed by atoms with Gasteiger partial charge in [0.15, 0.2) is 0 Å². The Morgan fingerprint density at radius 2 is 1.95 bits per heavy atom. The third-order valence-corrected chi connectivity index (χ3v) is 3.76. The summed E-state index contributed by atoms with van der Waals surface area (Å²) in [4.78, 5) is 23.1. The molecule has 1 aliphatic rings. The summed E-state index contributed by atoms with van der Waals surface area (Å²) in [6.45, 7) is 1.00. The van der Waals surface area contributed by atoms with Crippen molar-refractivity contribution < 1.29 is 19.4 Å². The maximum atomic E-state index is 12.0. The van der Waals surface area contributed by atoms with E-state index in [-0.39, 0.29) is 27.3 Å². The van der Waals surface area contributed by atoms with Crippen molar-refractivity contribution in [2.75, 3.05) is 13.2 Å². The van der Waals surface area contributed by atoms with Crippen LogP contribution < -0.4 is 10.4 Å². The highest BCUT2D eigenvalue weighted by molar-refractivity contribution is 6.42. The Hall–Kier alpha value is -1.30. The molecule has 0 saturated carbocycles. The number of hydrogen-bond acceptors (Lipinski definition) is 4. The van der Waals surface area contributed by atoms with Crippen LogP contribution in [-0.4, -0.2) is 31.1 Å². The lowest BCUT2D eigenvalue weighted by atomic mass is 10.1. The second-order valence-electron chi connectivity index (χ2n) is 4.44. The number of hydrogen-bond donors (Lipinski definition) is 1. The van der Waals surface area contributed by atoms with Crippen molar-refractivity contribution in [3.05, 3.63) is 33.3 Å². The molecule has 0 aliphatic carbocycles. The lowest BCUT2D eigenvalue weighted by molar-refractivity contribution is -0.255. The third kappa shape index (κ3) is 3.42.